The predicted molar refractivity (Wildman–Crippen MR) is 87.1 cm³/mol. The van der Waals surface area contributed by atoms with Crippen molar-refractivity contribution >= 4 is 18.3 Å². The van der Waals surface area contributed by atoms with Crippen LogP contribution >= 0.6 is 12.4 Å². The average molecular weight is 311 g/mol. The highest BCUT2D eigenvalue weighted by Gasteiger charge is 2.20. The number of nitrogens with one attached hydrogen (secondary N) is 1. The monoisotopic (exact) mass is 310 g/mol. The maximum Gasteiger partial charge on any atom is 0.251 e. The fourth-order valence-corrected chi connectivity index (χ4v) is 2.39. The van der Waals surface area contributed by atoms with Gasteiger partial charge in [0, 0.05) is 17.6 Å². The van der Waals surface area contributed by atoms with E-state index in [0.717, 1.165) is 31.4 Å². The average Bonchev–Trinajstić information content (AvgIpc) is 2.48. The van der Waals surface area contributed by atoms with E-state index in [1.807, 2.05) is 0 Å². The van der Waals surface area contributed by atoms with Crippen LogP contribution in [0.15, 0.2) is 36.9 Å². The Bertz CT molecular complexity index is 454. The minimum Gasteiger partial charge on any atom is -0.490 e. The number of hydrogen-bond donors (Lipinski definition) is 2. The lowest BCUT2D eigenvalue weighted by atomic mass is 9.91. The van der Waals surface area contributed by atoms with Crippen LogP contribution in [0.2, 0.25) is 0 Å². The zero-order valence-corrected chi connectivity index (χ0v) is 12.9. The molecule has 1 fully saturated rings. The van der Waals surface area contributed by atoms with E-state index in [1.165, 1.54) is 0 Å². The van der Waals surface area contributed by atoms with Crippen molar-refractivity contribution < 1.29 is 9.53 Å². The number of ether oxygens (including phenoxy) is 1. The largest absolute Gasteiger partial charge is 0.490 e. The number of amides is 1. The van der Waals surface area contributed by atoms with Crippen molar-refractivity contribution in [3.05, 3.63) is 42.5 Å². The predicted octanol–water partition coefficient (Wildman–Crippen LogP) is 2.67. The smallest absolute Gasteiger partial charge is 0.251 e. The number of halogens is 1. The van der Waals surface area contributed by atoms with Gasteiger partial charge in [-0.3, -0.25) is 4.79 Å². The third kappa shape index (κ3) is 5.40. The topological polar surface area (TPSA) is 64.3 Å². The van der Waals surface area contributed by atoms with Crippen molar-refractivity contribution in [1.82, 2.24) is 5.32 Å². The highest BCUT2D eigenvalue weighted by Crippen LogP contribution is 2.18. The van der Waals surface area contributed by atoms with Gasteiger partial charge in [0.2, 0.25) is 0 Å². The van der Waals surface area contributed by atoms with Crippen LogP contribution in [-0.2, 0) is 0 Å². The molecule has 21 heavy (non-hydrogen) atoms. The van der Waals surface area contributed by atoms with Crippen molar-refractivity contribution in [3.8, 4) is 5.75 Å². The van der Waals surface area contributed by atoms with Gasteiger partial charge in [0.15, 0.2) is 0 Å². The van der Waals surface area contributed by atoms with E-state index < -0.39 is 0 Å². The lowest BCUT2D eigenvalue weighted by molar-refractivity contribution is 0.0926. The molecule has 1 aromatic rings. The van der Waals surface area contributed by atoms with Crippen molar-refractivity contribution in [3.63, 3.8) is 0 Å². The number of carbonyl (C=O) groups excluding carboxylic acids is 1. The third-order valence-corrected chi connectivity index (χ3v) is 3.59. The van der Waals surface area contributed by atoms with Gasteiger partial charge < -0.3 is 15.8 Å². The second-order valence-corrected chi connectivity index (χ2v) is 5.21. The van der Waals surface area contributed by atoms with Gasteiger partial charge in [-0.05, 0) is 49.9 Å². The van der Waals surface area contributed by atoms with E-state index >= 15 is 0 Å². The lowest BCUT2D eigenvalue weighted by Gasteiger charge is -2.26. The Kier molecular flexibility index (Phi) is 7.26. The summed E-state index contributed by atoms with van der Waals surface area (Å²) >= 11 is 0. The van der Waals surface area contributed by atoms with Gasteiger partial charge >= 0.3 is 0 Å². The SMILES string of the molecule is C=CCOc1ccc(C(=O)NC2CCC(N)CC2)cc1.Cl. The summed E-state index contributed by atoms with van der Waals surface area (Å²) in [6, 6.07) is 7.71. The Labute approximate surface area is 132 Å². The van der Waals surface area contributed by atoms with Gasteiger partial charge in [0.1, 0.15) is 12.4 Å². The molecule has 0 aliphatic heterocycles. The molecular formula is C16H23ClN2O2. The molecule has 4 nitrogen and oxygen atoms in total. The molecule has 0 heterocycles. The Morgan fingerprint density at radius 1 is 1.29 bits per heavy atom. The van der Waals surface area contributed by atoms with Gasteiger partial charge in [0.25, 0.3) is 5.91 Å². The van der Waals surface area contributed by atoms with Crippen LogP contribution in [0, 0.1) is 0 Å². The summed E-state index contributed by atoms with van der Waals surface area (Å²) in [5, 5.41) is 3.07. The summed E-state index contributed by atoms with van der Waals surface area (Å²) in [6.45, 7) is 4.06. The van der Waals surface area contributed by atoms with Crippen molar-refractivity contribution in [2.45, 2.75) is 37.8 Å². The van der Waals surface area contributed by atoms with Crippen LogP contribution in [-0.4, -0.2) is 24.6 Å². The maximum absolute atomic E-state index is 12.1. The number of nitrogens with two attached hydrogens (primary N) is 1. The molecule has 1 aromatic carbocycles. The number of hydrogen-bond acceptors (Lipinski definition) is 3. The van der Waals surface area contributed by atoms with Gasteiger partial charge in [-0.25, -0.2) is 0 Å². The first-order valence-electron chi connectivity index (χ1n) is 7.09. The fraction of sp³-hybridized carbons (Fsp3) is 0.438. The Hall–Kier alpha value is -1.52. The fourth-order valence-electron chi connectivity index (χ4n) is 2.39. The summed E-state index contributed by atoms with van der Waals surface area (Å²) in [4.78, 5) is 12.1. The van der Waals surface area contributed by atoms with E-state index in [2.05, 4.69) is 11.9 Å². The van der Waals surface area contributed by atoms with E-state index in [9.17, 15) is 4.79 Å². The molecule has 2 rings (SSSR count). The zero-order valence-electron chi connectivity index (χ0n) is 12.1. The highest BCUT2D eigenvalue weighted by atomic mass is 35.5. The molecular weight excluding hydrogens is 288 g/mol. The molecule has 0 saturated heterocycles. The summed E-state index contributed by atoms with van der Waals surface area (Å²) in [6.07, 6.45) is 5.59. The number of rotatable bonds is 5. The molecule has 1 aliphatic carbocycles. The van der Waals surface area contributed by atoms with Gasteiger partial charge in [-0.2, -0.15) is 0 Å². The quantitative estimate of drug-likeness (QED) is 0.822. The molecule has 0 bridgehead atoms. The molecule has 0 aromatic heterocycles. The highest BCUT2D eigenvalue weighted by molar-refractivity contribution is 5.94. The van der Waals surface area contributed by atoms with Crippen LogP contribution in [0.25, 0.3) is 0 Å². The molecule has 3 N–H and O–H groups in total. The Balaban J connectivity index is 0.00000220. The van der Waals surface area contributed by atoms with E-state index in [0.29, 0.717) is 18.2 Å². The number of benzene rings is 1. The van der Waals surface area contributed by atoms with Gasteiger partial charge in [-0.1, -0.05) is 12.7 Å². The van der Waals surface area contributed by atoms with E-state index in [-0.39, 0.29) is 24.4 Å². The lowest BCUT2D eigenvalue weighted by Crippen LogP contribution is -2.40. The van der Waals surface area contributed by atoms with Crippen LogP contribution < -0.4 is 15.8 Å². The molecule has 1 aliphatic rings. The molecule has 0 atom stereocenters. The minimum absolute atomic E-state index is 0. The standard InChI is InChI=1S/C16H22N2O2.ClH/c1-2-11-20-15-9-3-12(4-10-15)16(19)18-14-7-5-13(17)6-8-14;/h2-4,9-10,13-14H,1,5-8,11,17H2,(H,18,19);1H. The van der Waals surface area contributed by atoms with Gasteiger partial charge in [0.05, 0.1) is 0 Å². The van der Waals surface area contributed by atoms with Crippen molar-refractivity contribution in [2.24, 2.45) is 5.73 Å². The Morgan fingerprint density at radius 2 is 1.90 bits per heavy atom. The Morgan fingerprint density at radius 3 is 2.48 bits per heavy atom. The maximum atomic E-state index is 12.1. The molecule has 5 heteroatoms. The normalized spacial score (nSPS) is 21.0. The molecule has 1 amide bonds. The molecule has 116 valence electrons. The van der Waals surface area contributed by atoms with Crippen LogP contribution in [0.1, 0.15) is 36.0 Å². The second kappa shape index (κ2) is 8.70. The first-order chi connectivity index (χ1) is 9.69. The van der Waals surface area contributed by atoms with Crippen LogP contribution in [0.4, 0.5) is 0 Å². The van der Waals surface area contributed by atoms with Crippen LogP contribution in [0.5, 0.6) is 5.75 Å². The third-order valence-electron chi connectivity index (χ3n) is 3.59. The molecule has 0 spiro atoms. The summed E-state index contributed by atoms with van der Waals surface area (Å²) in [5.74, 6) is 0.714. The van der Waals surface area contributed by atoms with E-state index in [1.54, 1.807) is 30.3 Å². The molecule has 0 unspecified atom stereocenters. The first-order valence-corrected chi connectivity index (χ1v) is 7.09. The number of carbonyl (C=O) groups is 1. The minimum atomic E-state index is -0.0271. The second-order valence-electron chi connectivity index (χ2n) is 5.21. The van der Waals surface area contributed by atoms with Crippen molar-refractivity contribution in [2.75, 3.05) is 6.61 Å². The van der Waals surface area contributed by atoms with Gasteiger partial charge in [-0.15, -0.1) is 12.4 Å². The van der Waals surface area contributed by atoms with E-state index in [4.69, 9.17) is 10.5 Å². The first kappa shape index (κ1) is 17.5. The molecule has 1 saturated carbocycles. The molecule has 0 radical (unpaired) electrons. The van der Waals surface area contributed by atoms with Crippen molar-refractivity contribution in [1.29, 1.82) is 0 Å². The van der Waals surface area contributed by atoms with Crippen LogP contribution in [0.3, 0.4) is 0 Å². The zero-order chi connectivity index (χ0) is 14.4. The summed E-state index contributed by atoms with van der Waals surface area (Å²) in [7, 11) is 0. The summed E-state index contributed by atoms with van der Waals surface area (Å²) < 4.78 is 5.39. The summed E-state index contributed by atoms with van der Waals surface area (Å²) in [5.41, 5.74) is 6.52.